The number of piperidine rings is 1. The van der Waals surface area contributed by atoms with Gasteiger partial charge in [-0.15, -0.1) is 0 Å². The first-order valence-electron chi connectivity index (χ1n) is 8.26. The zero-order valence-electron chi connectivity index (χ0n) is 14.0. The molecule has 2 heterocycles. The number of rotatable bonds is 7. The van der Waals surface area contributed by atoms with Gasteiger partial charge in [-0.2, -0.15) is 5.10 Å². The van der Waals surface area contributed by atoms with Crippen molar-refractivity contribution in [1.82, 2.24) is 20.4 Å². The summed E-state index contributed by atoms with van der Waals surface area (Å²) < 4.78 is 0. The Bertz CT molecular complexity index is 555. The quantitative estimate of drug-likeness (QED) is 0.670. The Morgan fingerprint density at radius 2 is 2.22 bits per heavy atom. The molecule has 1 fully saturated rings. The molecule has 2 rings (SSSR count). The number of likely N-dealkylation sites (tertiary alicyclic amines) is 1. The molecule has 1 atom stereocenters. The van der Waals surface area contributed by atoms with Crippen molar-refractivity contribution in [3.8, 4) is 0 Å². The number of nitrogens with zero attached hydrogens (tertiary/aromatic N) is 2. The third kappa shape index (κ3) is 5.06. The van der Waals surface area contributed by atoms with Crippen molar-refractivity contribution in [2.24, 2.45) is 11.7 Å². The van der Waals surface area contributed by atoms with Gasteiger partial charge in [0.2, 0.25) is 11.8 Å². The molecule has 1 saturated heterocycles. The maximum absolute atomic E-state index is 11.9. The highest BCUT2D eigenvalue weighted by Crippen LogP contribution is 2.15. The smallest absolute Gasteiger partial charge is 0.221 e. The highest BCUT2D eigenvalue weighted by atomic mass is 16.2. The molecule has 0 aliphatic carbocycles. The Morgan fingerprint density at radius 3 is 2.87 bits per heavy atom. The molecule has 0 spiro atoms. The van der Waals surface area contributed by atoms with Crippen LogP contribution in [0, 0.1) is 19.8 Å². The second-order valence-corrected chi connectivity index (χ2v) is 6.31. The van der Waals surface area contributed by atoms with Gasteiger partial charge in [0.1, 0.15) is 0 Å². The summed E-state index contributed by atoms with van der Waals surface area (Å²) in [6, 6.07) is 0. The summed E-state index contributed by atoms with van der Waals surface area (Å²) in [6.07, 6.45) is 2.95. The molecule has 4 N–H and O–H groups in total. The van der Waals surface area contributed by atoms with Gasteiger partial charge in [0.15, 0.2) is 0 Å². The van der Waals surface area contributed by atoms with Gasteiger partial charge in [0.25, 0.3) is 0 Å². The zero-order valence-corrected chi connectivity index (χ0v) is 14.0. The third-order valence-corrected chi connectivity index (χ3v) is 4.60. The summed E-state index contributed by atoms with van der Waals surface area (Å²) in [5.41, 5.74) is 8.51. The largest absolute Gasteiger partial charge is 0.369 e. The number of carbonyl (C=O) groups is 2. The van der Waals surface area contributed by atoms with Crippen molar-refractivity contribution in [2.45, 2.75) is 39.5 Å². The van der Waals surface area contributed by atoms with Crippen LogP contribution in [0.25, 0.3) is 0 Å². The summed E-state index contributed by atoms with van der Waals surface area (Å²) >= 11 is 0. The molecule has 7 heteroatoms. The van der Waals surface area contributed by atoms with Crippen LogP contribution in [0.4, 0.5) is 0 Å². The molecule has 0 aromatic carbocycles. The normalized spacial score (nSPS) is 18.8. The van der Waals surface area contributed by atoms with Gasteiger partial charge >= 0.3 is 0 Å². The summed E-state index contributed by atoms with van der Waals surface area (Å²) in [6.45, 7) is 7.02. The summed E-state index contributed by atoms with van der Waals surface area (Å²) in [4.78, 5) is 25.4. The predicted octanol–water partition coefficient (Wildman–Crippen LogP) is 0.273. The van der Waals surface area contributed by atoms with Crippen molar-refractivity contribution < 1.29 is 9.59 Å². The molecule has 1 aromatic heterocycles. The minimum Gasteiger partial charge on any atom is -0.369 e. The van der Waals surface area contributed by atoms with Crippen LogP contribution in [0.1, 0.15) is 36.2 Å². The fourth-order valence-electron chi connectivity index (χ4n) is 2.94. The van der Waals surface area contributed by atoms with Crippen molar-refractivity contribution in [1.29, 1.82) is 0 Å². The lowest BCUT2D eigenvalue weighted by atomic mass is 9.97. The average Bonchev–Trinajstić information content (AvgIpc) is 2.85. The highest BCUT2D eigenvalue weighted by molar-refractivity contribution is 5.77. The minimum absolute atomic E-state index is 0.0357. The summed E-state index contributed by atoms with van der Waals surface area (Å²) in [5, 5.41) is 10.1. The molecule has 0 saturated carbocycles. The van der Waals surface area contributed by atoms with Crippen LogP contribution in [0.15, 0.2) is 0 Å². The maximum Gasteiger partial charge on any atom is 0.221 e. The molecule has 0 bridgehead atoms. The molecule has 23 heavy (non-hydrogen) atoms. The maximum atomic E-state index is 11.9. The molecule has 1 unspecified atom stereocenters. The van der Waals surface area contributed by atoms with Crippen LogP contribution in [0.2, 0.25) is 0 Å². The number of primary amides is 1. The Labute approximate surface area is 137 Å². The number of carbonyl (C=O) groups excluding carboxylic acids is 2. The molecule has 1 aromatic rings. The number of amides is 2. The minimum atomic E-state index is -0.219. The van der Waals surface area contributed by atoms with Gasteiger partial charge in [0.05, 0.1) is 11.6 Å². The van der Waals surface area contributed by atoms with Crippen LogP contribution in [0.5, 0.6) is 0 Å². The van der Waals surface area contributed by atoms with Crippen molar-refractivity contribution in [3.63, 3.8) is 0 Å². The molecular formula is C16H27N5O2. The molecular weight excluding hydrogens is 294 g/mol. The van der Waals surface area contributed by atoms with E-state index < -0.39 is 0 Å². The van der Waals surface area contributed by atoms with Crippen molar-refractivity contribution in [3.05, 3.63) is 17.0 Å². The molecule has 2 amide bonds. The van der Waals surface area contributed by atoms with E-state index in [0.717, 1.165) is 42.9 Å². The molecule has 7 nitrogen and oxygen atoms in total. The van der Waals surface area contributed by atoms with E-state index in [2.05, 4.69) is 20.4 Å². The molecule has 128 valence electrons. The van der Waals surface area contributed by atoms with Crippen LogP contribution in [-0.2, 0) is 16.0 Å². The van der Waals surface area contributed by atoms with E-state index in [-0.39, 0.29) is 17.7 Å². The van der Waals surface area contributed by atoms with Crippen molar-refractivity contribution in [2.75, 3.05) is 26.2 Å². The first-order chi connectivity index (χ1) is 11.0. The molecule has 0 radical (unpaired) electrons. The van der Waals surface area contributed by atoms with Gasteiger partial charge in [-0.05, 0) is 38.8 Å². The SMILES string of the molecule is Cc1[nH]nc(CCC(=O)NCCN2CCCC(C(N)=O)C2)c1C. The number of hydrogen-bond acceptors (Lipinski definition) is 4. The Hall–Kier alpha value is -1.89. The zero-order chi connectivity index (χ0) is 16.8. The topological polar surface area (TPSA) is 104 Å². The molecule has 1 aliphatic rings. The second kappa shape index (κ2) is 8.10. The Kier molecular flexibility index (Phi) is 6.15. The number of H-pyrrole nitrogens is 1. The van der Waals surface area contributed by atoms with Crippen LogP contribution in [-0.4, -0.2) is 53.1 Å². The number of nitrogens with one attached hydrogen (secondary N) is 2. The van der Waals surface area contributed by atoms with Gasteiger partial charge in [-0.25, -0.2) is 0 Å². The van der Waals surface area contributed by atoms with Gasteiger partial charge in [-0.1, -0.05) is 0 Å². The van der Waals surface area contributed by atoms with E-state index >= 15 is 0 Å². The van der Waals surface area contributed by atoms with Crippen LogP contribution >= 0.6 is 0 Å². The number of aryl methyl sites for hydroxylation is 2. The Balaban J connectivity index is 1.65. The van der Waals surface area contributed by atoms with E-state index in [1.54, 1.807) is 0 Å². The second-order valence-electron chi connectivity index (χ2n) is 6.31. The number of nitrogens with two attached hydrogens (primary N) is 1. The number of hydrogen-bond donors (Lipinski definition) is 3. The highest BCUT2D eigenvalue weighted by Gasteiger charge is 2.23. The van der Waals surface area contributed by atoms with E-state index in [0.29, 0.717) is 25.9 Å². The fourth-order valence-corrected chi connectivity index (χ4v) is 2.94. The monoisotopic (exact) mass is 321 g/mol. The molecule has 1 aliphatic heterocycles. The Morgan fingerprint density at radius 1 is 1.43 bits per heavy atom. The van der Waals surface area contributed by atoms with E-state index in [1.807, 2.05) is 13.8 Å². The lowest BCUT2D eigenvalue weighted by Gasteiger charge is -2.31. The van der Waals surface area contributed by atoms with E-state index in [9.17, 15) is 9.59 Å². The first-order valence-corrected chi connectivity index (χ1v) is 8.26. The van der Waals surface area contributed by atoms with Gasteiger partial charge in [-0.3, -0.25) is 14.7 Å². The number of aromatic nitrogens is 2. The van der Waals surface area contributed by atoms with E-state index in [1.165, 1.54) is 0 Å². The summed E-state index contributed by atoms with van der Waals surface area (Å²) in [7, 11) is 0. The standard InChI is InChI=1S/C16H27N5O2/c1-11-12(2)19-20-14(11)5-6-15(22)18-7-9-21-8-3-4-13(10-21)16(17)23/h13H,3-10H2,1-2H3,(H2,17,23)(H,18,22)(H,19,20). The fraction of sp³-hybridized carbons (Fsp3) is 0.688. The lowest BCUT2D eigenvalue weighted by molar-refractivity contribution is -0.124. The van der Waals surface area contributed by atoms with Crippen LogP contribution < -0.4 is 11.1 Å². The predicted molar refractivity (Wildman–Crippen MR) is 87.8 cm³/mol. The first kappa shape index (κ1) is 17.5. The van der Waals surface area contributed by atoms with Crippen LogP contribution in [0.3, 0.4) is 0 Å². The van der Waals surface area contributed by atoms with Gasteiger partial charge in [0, 0.05) is 38.2 Å². The average molecular weight is 321 g/mol. The van der Waals surface area contributed by atoms with Gasteiger partial charge < -0.3 is 16.0 Å². The number of aromatic amines is 1. The lowest BCUT2D eigenvalue weighted by Crippen LogP contribution is -2.44. The third-order valence-electron chi connectivity index (χ3n) is 4.60. The summed E-state index contributed by atoms with van der Waals surface area (Å²) in [5.74, 6) is -0.234. The van der Waals surface area contributed by atoms with Crippen molar-refractivity contribution >= 4 is 11.8 Å². The van der Waals surface area contributed by atoms with E-state index in [4.69, 9.17) is 5.73 Å².